The van der Waals surface area contributed by atoms with E-state index in [1.807, 2.05) is 0 Å². The minimum Gasteiger partial charge on any atom is -0.393 e. The molecule has 2 fully saturated rings. The van der Waals surface area contributed by atoms with E-state index in [1.165, 1.54) is 64.2 Å². The van der Waals surface area contributed by atoms with Crippen molar-refractivity contribution in [2.75, 3.05) is 0 Å². The highest BCUT2D eigenvalue weighted by Gasteiger charge is 2.47. The maximum Gasteiger partial charge on any atom is 0.0568 e. The molecule has 2 aliphatic rings. The van der Waals surface area contributed by atoms with Gasteiger partial charge in [-0.15, -0.1) is 0 Å². The molecule has 0 heterocycles. The molecule has 0 amide bonds. The van der Waals surface area contributed by atoms with Crippen molar-refractivity contribution in [2.45, 2.75) is 83.7 Å². The zero-order valence-corrected chi connectivity index (χ0v) is 11.5. The first-order valence-electron chi connectivity index (χ1n) is 7.99. The topological polar surface area (TPSA) is 20.2 Å². The van der Waals surface area contributed by atoms with Crippen LogP contribution in [-0.2, 0) is 0 Å². The van der Waals surface area contributed by atoms with Crippen LogP contribution in [0.15, 0.2) is 0 Å². The van der Waals surface area contributed by atoms with Gasteiger partial charge in [0.05, 0.1) is 6.10 Å². The highest BCUT2D eigenvalue weighted by atomic mass is 16.3. The van der Waals surface area contributed by atoms with E-state index in [4.69, 9.17) is 0 Å². The molecule has 2 rings (SSSR count). The van der Waals surface area contributed by atoms with Crippen LogP contribution in [0.25, 0.3) is 0 Å². The molecule has 0 saturated heterocycles. The lowest BCUT2D eigenvalue weighted by Gasteiger charge is -2.19. The number of rotatable bonds is 9. The van der Waals surface area contributed by atoms with Gasteiger partial charge in [0.1, 0.15) is 0 Å². The molecule has 0 bridgehead atoms. The normalized spacial score (nSPS) is 32.5. The summed E-state index contributed by atoms with van der Waals surface area (Å²) < 4.78 is 0. The predicted molar refractivity (Wildman–Crippen MR) is 72.9 cm³/mol. The number of aliphatic hydroxyl groups is 1. The lowest BCUT2D eigenvalue weighted by Crippen LogP contribution is -2.18. The molecule has 1 N–H and O–H groups in total. The van der Waals surface area contributed by atoms with Gasteiger partial charge in [0.15, 0.2) is 0 Å². The van der Waals surface area contributed by atoms with Gasteiger partial charge in [0, 0.05) is 0 Å². The van der Waals surface area contributed by atoms with Gasteiger partial charge in [0.25, 0.3) is 0 Å². The largest absolute Gasteiger partial charge is 0.393 e. The molecular formula is C16H30O. The van der Waals surface area contributed by atoms with Crippen LogP contribution >= 0.6 is 0 Å². The fraction of sp³-hybridized carbons (Fsp3) is 1.00. The van der Waals surface area contributed by atoms with Crippen molar-refractivity contribution in [2.24, 2.45) is 17.8 Å². The lowest BCUT2D eigenvalue weighted by molar-refractivity contribution is 0.0924. The highest BCUT2D eigenvalue weighted by molar-refractivity contribution is 4.97. The molecule has 2 saturated carbocycles. The van der Waals surface area contributed by atoms with E-state index in [-0.39, 0.29) is 6.10 Å². The van der Waals surface area contributed by atoms with Gasteiger partial charge in [-0.3, -0.25) is 0 Å². The van der Waals surface area contributed by atoms with Gasteiger partial charge >= 0.3 is 0 Å². The number of aliphatic hydroxyl groups excluding tert-OH is 1. The minimum absolute atomic E-state index is 0.0263. The molecule has 3 unspecified atom stereocenters. The Morgan fingerprint density at radius 1 is 0.882 bits per heavy atom. The van der Waals surface area contributed by atoms with E-state index in [2.05, 4.69) is 6.92 Å². The second kappa shape index (κ2) is 6.78. The Kier molecular flexibility index (Phi) is 5.34. The summed E-state index contributed by atoms with van der Waals surface area (Å²) in [6.07, 6.45) is 14.7. The zero-order valence-electron chi connectivity index (χ0n) is 11.5. The number of fused-ring (bicyclic) bond motifs is 1. The van der Waals surface area contributed by atoms with E-state index in [1.54, 1.807) is 0 Å². The summed E-state index contributed by atoms with van der Waals surface area (Å²) in [5, 5.41) is 10.1. The Hall–Kier alpha value is -0.0400. The predicted octanol–water partition coefficient (Wildman–Crippen LogP) is 4.53. The van der Waals surface area contributed by atoms with Crippen molar-refractivity contribution >= 4 is 0 Å². The highest BCUT2D eigenvalue weighted by Crippen LogP contribution is 2.55. The van der Waals surface area contributed by atoms with E-state index >= 15 is 0 Å². The van der Waals surface area contributed by atoms with Crippen LogP contribution in [-0.4, -0.2) is 11.2 Å². The number of hydrogen-bond acceptors (Lipinski definition) is 1. The minimum atomic E-state index is 0.0263. The van der Waals surface area contributed by atoms with Gasteiger partial charge in [-0.1, -0.05) is 51.9 Å². The van der Waals surface area contributed by atoms with Crippen molar-refractivity contribution in [3.05, 3.63) is 0 Å². The van der Waals surface area contributed by atoms with Gasteiger partial charge < -0.3 is 5.11 Å². The van der Waals surface area contributed by atoms with Gasteiger partial charge in [-0.2, -0.15) is 0 Å². The van der Waals surface area contributed by atoms with Crippen molar-refractivity contribution in [1.29, 1.82) is 0 Å². The molecular weight excluding hydrogens is 208 g/mol. The standard InChI is InChI=1S/C16H30O/c1-2-3-4-5-6-7-8-9-16(17)15-11-13-10-14(13)12-15/h13-17H,2-12H2,1H3. The van der Waals surface area contributed by atoms with Crippen LogP contribution in [0.2, 0.25) is 0 Å². The molecule has 0 aromatic heterocycles. The number of hydrogen-bond donors (Lipinski definition) is 1. The summed E-state index contributed by atoms with van der Waals surface area (Å²) in [5.74, 6) is 2.70. The average molecular weight is 238 g/mol. The Morgan fingerprint density at radius 3 is 2.12 bits per heavy atom. The molecule has 0 aliphatic heterocycles. The van der Waals surface area contributed by atoms with Crippen LogP contribution in [0, 0.1) is 17.8 Å². The van der Waals surface area contributed by atoms with Crippen molar-refractivity contribution < 1.29 is 5.11 Å². The first kappa shape index (κ1) is 13.4. The third-order valence-corrected chi connectivity index (χ3v) is 4.93. The second-order valence-corrected chi connectivity index (χ2v) is 6.46. The monoisotopic (exact) mass is 238 g/mol. The molecule has 0 aromatic carbocycles. The molecule has 0 spiro atoms. The van der Waals surface area contributed by atoms with Gasteiger partial charge in [-0.05, 0) is 43.4 Å². The fourth-order valence-corrected chi connectivity index (χ4v) is 3.62. The molecule has 100 valence electrons. The fourth-order valence-electron chi connectivity index (χ4n) is 3.62. The second-order valence-electron chi connectivity index (χ2n) is 6.46. The zero-order chi connectivity index (χ0) is 12.1. The summed E-state index contributed by atoms with van der Waals surface area (Å²) in [6.45, 7) is 2.27. The Balaban J connectivity index is 1.42. The molecule has 0 radical (unpaired) electrons. The van der Waals surface area contributed by atoms with Crippen LogP contribution in [0.3, 0.4) is 0 Å². The first-order valence-corrected chi connectivity index (χ1v) is 7.99. The third kappa shape index (κ3) is 4.28. The first-order chi connectivity index (χ1) is 8.31. The molecule has 0 aromatic rings. The number of unbranched alkanes of at least 4 members (excludes halogenated alkanes) is 6. The van der Waals surface area contributed by atoms with Crippen LogP contribution in [0.4, 0.5) is 0 Å². The van der Waals surface area contributed by atoms with E-state index in [0.717, 1.165) is 18.3 Å². The van der Waals surface area contributed by atoms with Crippen LogP contribution in [0.1, 0.15) is 77.6 Å². The van der Waals surface area contributed by atoms with E-state index in [0.29, 0.717) is 5.92 Å². The molecule has 2 aliphatic carbocycles. The summed E-state index contributed by atoms with van der Waals surface area (Å²) in [7, 11) is 0. The SMILES string of the molecule is CCCCCCCCCC(O)C1CC2CC2C1. The third-order valence-electron chi connectivity index (χ3n) is 4.93. The van der Waals surface area contributed by atoms with Gasteiger partial charge in [-0.25, -0.2) is 0 Å². The molecule has 1 nitrogen and oxygen atoms in total. The molecule has 3 atom stereocenters. The smallest absolute Gasteiger partial charge is 0.0568 e. The summed E-state index contributed by atoms with van der Waals surface area (Å²) in [6, 6.07) is 0. The molecule has 1 heteroatoms. The quantitative estimate of drug-likeness (QED) is 0.585. The lowest BCUT2D eigenvalue weighted by atomic mass is 9.93. The van der Waals surface area contributed by atoms with Gasteiger partial charge in [0.2, 0.25) is 0 Å². The summed E-state index contributed by atoms with van der Waals surface area (Å²) in [5.41, 5.74) is 0. The Bertz CT molecular complexity index is 204. The summed E-state index contributed by atoms with van der Waals surface area (Å²) >= 11 is 0. The average Bonchev–Trinajstić information content (AvgIpc) is 2.95. The van der Waals surface area contributed by atoms with Crippen LogP contribution in [0.5, 0.6) is 0 Å². The molecule has 17 heavy (non-hydrogen) atoms. The maximum absolute atomic E-state index is 10.1. The van der Waals surface area contributed by atoms with Crippen molar-refractivity contribution in [3.63, 3.8) is 0 Å². The Labute approximate surface area is 107 Å². The van der Waals surface area contributed by atoms with E-state index < -0.39 is 0 Å². The van der Waals surface area contributed by atoms with E-state index in [9.17, 15) is 5.11 Å². The summed E-state index contributed by atoms with van der Waals surface area (Å²) in [4.78, 5) is 0. The van der Waals surface area contributed by atoms with Crippen molar-refractivity contribution in [1.82, 2.24) is 0 Å². The maximum atomic E-state index is 10.1. The Morgan fingerprint density at radius 2 is 1.47 bits per heavy atom. The van der Waals surface area contributed by atoms with Crippen LogP contribution < -0.4 is 0 Å². The van der Waals surface area contributed by atoms with Crippen molar-refractivity contribution in [3.8, 4) is 0 Å².